The van der Waals surface area contributed by atoms with Gasteiger partial charge in [0.25, 0.3) is 0 Å². The van der Waals surface area contributed by atoms with E-state index in [9.17, 15) is 4.79 Å². The number of hydrogen-bond donors (Lipinski definition) is 1. The lowest BCUT2D eigenvalue weighted by Gasteiger charge is -2.36. The van der Waals surface area contributed by atoms with E-state index in [0.717, 1.165) is 17.7 Å². The molecule has 2 aromatic carbocycles. The third kappa shape index (κ3) is 2.04. The van der Waals surface area contributed by atoms with Gasteiger partial charge in [-0.05, 0) is 22.6 Å². The fourth-order valence-electron chi connectivity index (χ4n) is 3.95. The first-order valence-electron chi connectivity index (χ1n) is 7.89. The molecule has 112 valence electrons. The van der Waals surface area contributed by atoms with Crippen molar-refractivity contribution in [3.8, 4) is 0 Å². The van der Waals surface area contributed by atoms with Gasteiger partial charge in [-0.3, -0.25) is 4.79 Å². The largest absolute Gasteiger partial charge is 0.306 e. The standard InChI is InChI=1S/C19H20N2O/c1-19(2)10-15-17(16(22)11-19)18(21-20-15)14-9-5-7-12-6-3-4-8-13(12)14/h3-9,15,17,20H,10-11H2,1-2H3/t15-,17+/m1/s1. The highest BCUT2D eigenvalue weighted by Gasteiger charge is 2.46. The Bertz CT molecular complexity index is 786. The molecule has 0 aromatic heterocycles. The second-order valence-electron chi connectivity index (χ2n) is 7.25. The third-order valence-electron chi connectivity index (χ3n) is 4.89. The molecule has 1 aliphatic heterocycles. The van der Waals surface area contributed by atoms with Crippen LogP contribution in [0.25, 0.3) is 10.8 Å². The Hall–Kier alpha value is -2.16. The highest BCUT2D eigenvalue weighted by atomic mass is 16.1. The van der Waals surface area contributed by atoms with Gasteiger partial charge in [0.15, 0.2) is 0 Å². The molecule has 1 aliphatic carbocycles. The number of Topliss-reactive ketones (excluding diaryl/α,β-unsaturated/α-hetero) is 1. The fraction of sp³-hybridized carbons (Fsp3) is 0.368. The Morgan fingerprint density at radius 3 is 2.77 bits per heavy atom. The molecule has 1 N–H and O–H groups in total. The van der Waals surface area contributed by atoms with Crippen LogP contribution in [0.3, 0.4) is 0 Å². The first-order valence-corrected chi connectivity index (χ1v) is 7.89. The summed E-state index contributed by atoms with van der Waals surface area (Å²) in [6.45, 7) is 4.33. The minimum absolute atomic E-state index is 0.0645. The lowest BCUT2D eigenvalue weighted by atomic mass is 9.68. The van der Waals surface area contributed by atoms with Crippen LogP contribution in [0, 0.1) is 11.3 Å². The minimum atomic E-state index is -0.0983. The van der Waals surface area contributed by atoms with Gasteiger partial charge in [0, 0.05) is 12.0 Å². The SMILES string of the molecule is CC1(C)CC(=O)[C@H]2C(c3cccc4ccccc34)=NN[C@@H]2C1. The van der Waals surface area contributed by atoms with E-state index >= 15 is 0 Å². The predicted molar refractivity (Wildman–Crippen MR) is 88.9 cm³/mol. The van der Waals surface area contributed by atoms with Crippen LogP contribution in [0.15, 0.2) is 47.6 Å². The summed E-state index contributed by atoms with van der Waals surface area (Å²) in [6.07, 6.45) is 1.63. The monoisotopic (exact) mass is 292 g/mol. The summed E-state index contributed by atoms with van der Waals surface area (Å²) in [7, 11) is 0. The van der Waals surface area contributed by atoms with E-state index in [1.807, 2.05) is 18.2 Å². The van der Waals surface area contributed by atoms with Gasteiger partial charge < -0.3 is 5.43 Å². The van der Waals surface area contributed by atoms with Crippen LogP contribution in [-0.2, 0) is 4.79 Å². The molecule has 0 unspecified atom stereocenters. The van der Waals surface area contributed by atoms with E-state index in [1.54, 1.807) is 0 Å². The van der Waals surface area contributed by atoms with Crippen molar-refractivity contribution >= 4 is 22.3 Å². The molecule has 2 atom stereocenters. The van der Waals surface area contributed by atoms with Crippen molar-refractivity contribution in [1.82, 2.24) is 5.43 Å². The lowest BCUT2D eigenvalue weighted by Crippen LogP contribution is -2.45. The molecular weight excluding hydrogens is 272 g/mol. The number of nitrogens with one attached hydrogen (secondary N) is 1. The molecule has 2 aromatic rings. The van der Waals surface area contributed by atoms with Crippen molar-refractivity contribution in [2.24, 2.45) is 16.4 Å². The first-order chi connectivity index (χ1) is 10.6. The summed E-state index contributed by atoms with van der Waals surface area (Å²) >= 11 is 0. The van der Waals surface area contributed by atoms with E-state index in [0.29, 0.717) is 12.2 Å². The molecule has 0 bridgehead atoms. The maximum absolute atomic E-state index is 12.7. The van der Waals surface area contributed by atoms with Gasteiger partial charge in [-0.2, -0.15) is 5.10 Å². The first kappa shape index (κ1) is 13.5. The summed E-state index contributed by atoms with van der Waals surface area (Å²) in [5, 5.41) is 6.92. The summed E-state index contributed by atoms with van der Waals surface area (Å²) in [4.78, 5) is 12.7. The van der Waals surface area contributed by atoms with Gasteiger partial charge in [-0.1, -0.05) is 56.3 Å². The van der Waals surface area contributed by atoms with Gasteiger partial charge >= 0.3 is 0 Å². The molecule has 2 aliphatic rings. The quantitative estimate of drug-likeness (QED) is 0.873. The molecule has 0 radical (unpaired) electrons. The van der Waals surface area contributed by atoms with Crippen molar-refractivity contribution in [3.05, 3.63) is 48.0 Å². The molecule has 3 heteroatoms. The van der Waals surface area contributed by atoms with Crippen molar-refractivity contribution in [1.29, 1.82) is 0 Å². The highest BCUT2D eigenvalue weighted by molar-refractivity contribution is 6.20. The van der Waals surface area contributed by atoms with Crippen LogP contribution >= 0.6 is 0 Å². The number of fused-ring (bicyclic) bond motifs is 2. The van der Waals surface area contributed by atoms with Gasteiger partial charge in [0.1, 0.15) is 5.78 Å². The number of carbonyl (C=O) groups is 1. The number of benzene rings is 2. The Kier molecular flexibility index (Phi) is 2.86. The van der Waals surface area contributed by atoms with Crippen LogP contribution < -0.4 is 5.43 Å². The minimum Gasteiger partial charge on any atom is -0.306 e. The predicted octanol–water partition coefficient (Wildman–Crippen LogP) is 3.52. The second-order valence-corrected chi connectivity index (χ2v) is 7.25. The van der Waals surface area contributed by atoms with Crippen molar-refractivity contribution in [3.63, 3.8) is 0 Å². The molecule has 3 nitrogen and oxygen atoms in total. The van der Waals surface area contributed by atoms with E-state index in [1.165, 1.54) is 10.8 Å². The number of carbonyl (C=O) groups excluding carboxylic acids is 1. The van der Waals surface area contributed by atoms with E-state index in [-0.39, 0.29) is 17.4 Å². The number of hydrazone groups is 1. The Morgan fingerprint density at radius 2 is 1.91 bits per heavy atom. The highest BCUT2D eigenvalue weighted by Crippen LogP contribution is 2.40. The zero-order chi connectivity index (χ0) is 15.3. The summed E-state index contributed by atoms with van der Waals surface area (Å²) < 4.78 is 0. The fourth-order valence-corrected chi connectivity index (χ4v) is 3.95. The van der Waals surface area contributed by atoms with E-state index in [4.69, 9.17) is 0 Å². The third-order valence-corrected chi connectivity index (χ3v) is 4.89. The maximum Gasteiger partial charge on any atom is 0.144 e. The second kappa shape index (κ2) is 4.67. The van der Waals surface area contributed by atoms with Crippen molar-refractivity contribution in [2.45, 2.75) is 32.7 Å². The molecular formula is C19H20N2O. The molecule has 0 saturated heterocycles. The van der Waals surface area contributed by atoms with E-state index in [2.05, 4.69) is 48.6 Å². The average Bonchev–Trinajstić information content (AvgIpc) is 2.89. The summed E-state index contributed by atoms with van der Waals surface area (Å²) in [5.41, 5.74) is 5.30. The molecule has 22 heavy (non-hydrogen) atoms. The maximum atomic E-state index is 12.7. The molecule has 4 rings (SSSR count). The average molecular weight is 292 g/mol. The lowest BCUT2D eigenvalue weighted by molar-refractivity contribution is -0.126. The van der Waals surface area contributed by atoms with Crippen LogP contribution in [0.1, 0.15) is 32.3 Å². The molecule has 1 heterocycles. The van der Waals surface area contributed by atoms with Crippen LogP contribution in [-0.4, -0.2) is 17.5 Å². The zero-order valence-electron chi connectivity index (χ0n) is 13.0. The van der Waals surface area contributed by atoms with Gasteiger partial charge in [0.2, 0.25) is 0 Å². The molecule has 0 amide bonds. The van der Waals surface area contributed by atoms with Gasteiger partial charge in [-0.25, -0.2) is 0 Å². The molecule has 0 spiro atoms. The number of rotatable bonds is 1. The Balaban J connectivity index is 1.79. The van der Waals surface area contributed by atoms with E-state index < -0.39 is 0 Å². The number of hydrogen-bond acceptors (Lipinski definition) is 3. The number of nitrogens with zero attached hydrogens (tertiary/aromatic N) is 1. The smallest absolute Gasteiger partial charge is 0.144 e. The molecule has 1 fully saturated rings. The Labute approximate surface area is 130 Å². The van der Waals surface area contributed by atoms with Crippen molar-refractivity contribution in [2.75, 3.05) is 0 Å². The number of ketones is 1. The van der Waals surface area contributed by atoms with Crippen LogP contribution in [0.4, 0.5) is 0 Å². The Morgan fingerprint density at radius 1 is 1.14 bits per heavy atom. The zero-order valence-corrected chi connectivity index (χ0v) is 13.0. The molecule has 1 saturated carbocycles. The summed E-state index contributed by atoms with van der Waals surface area (Å²) in [5.74, 6) is 0.219. The topological polar surface area (TPSA) is 41.5 Å². The summed E-state index contributed by atoms with van der Waals surface area (Å²) in [6, 6.07) is 14.7. The van der Waals surface area contributed by atoms with Crippen molar-refractivity contribution < 1.29 is 4.79 Å². The van der Waals surface area contributed by atoms with Crippen LogP contribution in [0.5, 0.6) is 0 Å². The van der Waals surface area contributed by atoms with Gasteiger partial charge in [0.05, 0.1) is 17.7 Å². The van der Waals surface area contributed by atoms with Gasteiger partial charge in [-0.15, -0.1) is 0 Å². The van der Waals surface area contributed by atoms with Crippen LogP contribution in [0.2, 0.25) is 0 Å². The normalized spacial score (nSPS) is 26.5.